The molecule has 2 aromatic carbocycles. The number of nitrogens with one attached hydrogen (secondary N) is 2. The molecule has 34 heavy (non-hydrogen) atoms. The molecule has 2 aliphatic rings. The highest BCUT2D eigenvalue weighted by Crippen LogP contribution is 2.44. The highest BCUT2D eigenvalue weighted by Gasteiger charge is 2.34. The Morgan fingerprint density at radius 1 is 1.06 bits per heavy atom. The van der Waals surface area contributed by atoms with Crippen LogP contribution in [-0.2, 0) is 19.1 Å². The molecule has 3 N–H and O–H groups in total. The zero-order valence-electron chi connectivity index (χ0n) is 19.3. The molecule has 4 rings (SSSR count). The Labute approximate surface area is 198 Å². The van der Waals surface area contributed by atoms with Crippen molar-refractivity contribution in [3.8, 4) is 11.1 Å². The van der Waals surface area contributed by atoms with Gasteiger partial charge in [0.2, 0.25) is 5.91 Å². The van der Waals surface area contributed by atoms with Crippen LogP contribution >= 0.6 is 0 Å². The molecule has 1 aliphatic carbocycles. The number of carbonyl (C=O) groups excluding carboxylic acids is 2. The van der Waals surface area contributed by atoms with Crippen LogP contribution in [0.4, 0.5) is 4.79 Å². The lowest BCUT2D eigenvalue weighted by molar-refractivity contribution is -0.143. The molecule has 8 nitrogen and oxygen atoms in total. The quantitative estimate of drug-likeness (QED) is 0.551. The average molecular weight is 467 g/mol. The number of ether oxygens (including phenoxy) is 2. The molecule has 0 unspecified atom stereocenters. The van der Waals surface area contributed by atoms with Crippen LogP contribution < -0.4 is 10.6 Å². The van der Waals surface area contributed by atoms with Gasteiger partial charge in [0.05, 0.1) is 18.6 Å². The summed E-state index contributed by atoms with van der Waals surface area (Å²) < 4.78 is 11.2. The number of carboxylic acids is 1. The maximum Gasteiger partial charge on any atom is 0.407 e. The first-order valence-corrected chi connectivity index (χ1v) is 11.6. The number of carboxylic acid groups (broad SMARTS) is 1. The summed E-state index contributed by atoms with van der Waals surface area (Å²) in [6.45, 7) is 4.11. The number of rotatable bonds is 8. The minimum absolute atomic E-state index is 0.0166. The zero-order valence-corrected chi connectivity index (χ0v) is 19.3. The first-order chi connectivity index (χ1) is 16.3. The fraction of sp³-hybridized carbons (Fsp3) is 0.423. The highest BCUT2D eigenvalue weighted by atomic mass is 16.5. The molecule has 2 aromatic rings. The number of fused-ring (bicyclic) bond motifs is 3. The monoisotopic (exact) mass is 466 g/mol. The molecule has 0 radical (unpaired) electrons. The Balaban J connectivity index is 1.25. The van der Waals surface area contributed by atoms with E-state index in [1.165, 1.54) is 11.1 Å². The largest absolute Gasteiger partial charge is 0.480 e. The van der Waals surface area contributed by atoms with Gasteiger partial charge in [0, 0.05) is 12.5 Å². The fourth-order valence-electron chi connectivity index (χ4n) is 4.66. The van der Waals surface area contributed by atoms with E-state index in [2.05, 4.69) is 34.9 Å². The Morgan fingerprint density at radius 2 is 1.68 bits per heavy atom. The number of benzene rings is 2. The maximum absolute atomic E-state index is 12.4. The summed E-state index contributed by atoms with van der Waals surface area (Å²) in [6, 6.07) is 15.3. The molecule has 1 saturated heterocycles. The van der Waals surface area contributed by atoms with Gasteiger partial charge >= 0.3 is 12.1 Å². The summed E-state index contributed by atoms with van der Waals surface area (Å²) in [6.07, 6.45) is -0.470. The number of hydrogen-bond acceptors (Lipinski definition) is 5. The van der Waals surface area contributed by atoms with Crippen LogP contribution in [0.2, 0.25) is 0 Å². The molecular formula is C26H30N2O6. The maximum atomic E-state index is 12.4. The molecule has 180 valence electrons. The minimum atomic E-state index is -1.06. The van der Waals surface area contributed by atoms with Crippen LogP contribution in [-0.4, -0.2) is 55.0 Å². The number of aliphatic carboxylic acids is 1. The van der Waals surface area contributed by atoms with Gasteiger partial charge in [-0.2, -0.15) is 0 Å². The summed E-state index contributed by atoms with van der Waals surface area (Å²) in [4.78, 5) is 36.1. The van der Waals surface area contributed by atoms with Crippen molar-refractivity contribution in [3.63, 3.8) is 0 Å². The van der Waals surface area contributed by atoms with Crippen LogP contribution in [0.3, 0.4) is 0 Å². The van der Waals surface area contributed by atoms with Crippen molar-refractivity contribution in [1.29, 1.82) is 0 Å². The van der Waals surface area contributed by atoms with E-state index in [1.54, 1.807) is 13.8 Å². The number of alkyl carbamates (subject to hydrolysis) is 1. The molecule has 8 heteroatoms. The van der Waals surface area contributed by atoms with Gasteiger partial charge in [-0.15, -0.1) is 0 Å². The minimum Gasteiger partial charge on any atom is -0.480 e. The van der Waals surface area contributed by atoms with Crippen LogP contribution in [0.5, 0.6) is 0 Å². The SMILES string of the molecule is CC(C)[C@H](NC(=O)[C@@H]1CO[C@H](CNC(=O)OCC2c3ccccc3-c3ccccc32)C1)C(=O)O. The number of carbonyl (C=O) groups is 3. The topological polar surface area (TPSA) is 114 Å². The second kappa shape index (κ2) is 10.3. The van der Waals surface area contributed by atoms with E-state index in [0.29, 0.717) is 6.42 Å². The van der Waals surface area contributed by atoms with Crippen molar-refractivity contribution in [2.45, 2.75) is 38.3 Å². The first kappa shape index (κ1) is 23.8. The summed E-state index contributed by atoms with van der Waals surface area (Å²) in [5.74, 6) is -2.10. The van der Waals surface area contributed by atoms with E-state index in [-0.39, 0.29) is 43.6 Å². The predicted molar refractivity (Wildman–Crippen MR) is 125 cm³/mol. The van der Waals surface area contributed by atoms with Crippen LogP contribution in [0.1, 0.15) is 37.3 Å². The standard InChI is InChI=1S/C26H30N2O6/c1-15(2)23(25(30)31)28-24(29)16-11-17(33-13-16)12-27-26(32)34-14-22-20-9-5-3-7-18(20)19-8-4-6-10-21(19)22/h3-10,15-17,22-23H,11-14H2,1-2H3,(H,27,32)(H,28,29)(H,30,31)/t16-,17-,23-/m0/s1. The van der Waals surface area contributed by atoms with Crippen molar-refractivity contribution < 1.29 is 29.0 Å². The molecule has 0 saturated carbocycles. The van der Waals surface area contributed by atoms with Gasteiger partial charge in [0.15, 0.2) is 0 Å². The molecular weight excluding hydrogens is 436 g/mol. The van der Waals surface area contributed by atoms with Gasteiger partial charge in [-0.3, -0.25) is 4.79 Å². The lowest BCUT2D eigenvalue weighted by Gasteiger charge is -2.19. The van der Waals surface area contributed by atoms with E-state index < -0.39 is 24.0 Å². The second-order valence-electron chi connectivity index (χ2n) is 9.16. The van der Waals surface area contributed by atoms with E-state index in [4.69, 9.17) is 9.47 Å². The molecule has 1 aliphatic heterocycles. The third-order valence-corrected chi connectivity index (χ3v) is 6.50. The lowest BCUT2D eigenvalue weighted by atomic mass is 9.98. The normalized spacial score (nSPS) is 19.9. The summed E-state index contributed by atoms with van der Waals surface area (Å²) >= 11 is 0. The van der Waals surface area contributed by atoms with Crippen LogP contribution in [0.25, 0.3) is 11.1 Å². The van der Waals surface area contributed by atoms with Crippen molar-refractivity contribution in [2.24, 2.45) is 11.8 Å². The van der Waals surface area contributed by atoms with Gasteiger partial charge in [0.1, 0.15) is 12.6 Å². The smallest absolute Gasteiger partial charge is 0.407 e. The first-order valence-electron chi connectivity index (χ1n) is 11.6. The van der Waals surface area contributed by atoms with Crippen molar-refractivity contribution in [3.05, 3.63) is 59.7 Å². The van der Waals surface area contributed by atoms with Gasteiger partial charge in [-0.05, 0) is 34.6 Å². The van der Waals surface area contributed by atoms with E-state index in [9.17, 15) is 19.5 Å². The highest BCUT2D eigenvalue weighted by molar-refractivity contribution is 5.85. The number of amides is 2. The zero-order chi connectivity index (χ0) is 24.2. The van der Waals surface area contributed by atoms with Crippen LogP contribution in [0.15, 0.2) is 48.5 Å². The second-order valence-corrected chi connectivity index (χ2v) is 9.16. The van der Waals surface area contributed by atoms with Crippen molar-refractivity contribution in [1.82, 2.24) is 10.6 Å². The molecule has 0 aromatic heterocycles. The Morgan fingerprint density at radius 3 is 2.26 bits per heavy atom. The van der Waals surface area contributed by atoms with E-state index in [1.807, 2.05) is 24.3 Å². The Hall–Kier alpha value is -3.39. The van der Waals surface area contributed by atoms with Crippen LogP contribution in [0, 0.1) is 11.8 Å². The molecule has 1 fully saturated rings. The van der Waals surface area contributed by atoms with Gasteiger partial charge < -0.3 is 25.2 Å². The van der Waals surface area contributed by atoms with Gasteiger partial charge in [-0.1, -0.05) is 62.4 Å². The predicted octanol–water partition coefficient (Wildman–Crippen LogP) is 3.16. The van der Waals surface area contributed by atoms with E-state index in [0.717, 1.165) is 11.1 Å². The molecule has 3 atom stereocenters. The van der Waals surface area contributed by atoms with Gasteiger partial charge in [-0.25, -0.2) is 9.59 Å². The summed E-state index contributed by atoms with van der Waals surface area (Å²) in [7, 11) is 0. The van der Waals surface area contributed by atoms with Crippen molar-refractivity contribution in [2.75, 3.05) is 19.8 Å². The van der Waals surface area contributed by atoms with E-state index >= 15 is 0 Å². The number of hydrogen-bond donors (Lipinski definition) is 3. The summed E-state index contributed by atoms with van der Waals surface area (Å²) in [5, 5.41) is 14.6. The van der Waals surface area contributed by atoms with Crippen molar-refractivity contribution >= 4 is 18.0 Å². The average Bonchev–Trinajstić information content (AvgIpc) is 3.42. The fourth-order valence-corrected chi connectivity index (χ4v) is 4.66. The Bertz CT molecular complexity index is 1020. The lowest BCUT2D eigenvalue weighted by Crippen LogP contribution is -2.46. The third-order valence-electron chi connectivity index (χ3n) is 6.50. The Kier molecular flexibility index (Phi) is 7.17. The third kappa shape index (κ3) is 5.07. The molecule has 2 amide bonds. The molecule has 0 bridgehead atoms. The van der Waals surface area contributed by atoms with Gasteiger partial charge in [0.25, 0.3) is 0 Å². The molecule has 0 spiro atoms. The molecule has 1 heterocycles. The summed E-state index contributed by atoms with van der Waals surface area (Å²) in [5.41, 5.74) is 4.62.